The molecule has 1 aromatic carbocycles. The summed E-state index contributed by atoms with van der Waals surface area (Å²) < 4.78 is 0.356. The number of hydrogen-bond acceptors (Lipinski definition) is 4. The number of nitro groups is 1. The number of amides is 1. The van der Waals surface area contributed by atoms with E-state index in [0.717, 1.165) is 0 Å². The Hall–Kier alpha value is -2.22. The third-order valence-corrected chi connectivity index (χ3v) is 3.15. The standard InChI is InChI=1S/C11H9BrN4O3/c1-6-8(5-13-15-6)11(17)14-7-2-3-9(12)10(4-7)16(18)19/h2-5H,1H3,(H,13,15)(H,14,17). The summed E-state index contributed by atoms with van der Waals surface area (Å²) >= 11 is 3.08. The van der Waals surface area contributed by atoms with Gasteiger partial charge in [0.2, 0.25) is 0 Å². The van der Waals surface area contributed by atoms with Crippen molar-refractivity contribution in [2.24, 2.45) is 0 Å². The monoisotopic (exact) mass is 324 g/mol. The van der Waals surface area contributed by atoms with E-state index in [2.05, 4.69) is 31.4 Å². The van der Waals surface area contributed by atoms with E-state index in [9.17, 15) is 14.9 Å². The third-order valence-electron chi connectivity index (χ3n) is 2.48. The maximum absolute atomic E-state index is 11.9. The summed E-state index contributed by atoms with van der Waals surface area (Å²) in [5, 5.41) is 19.8. The average Bonchev–Trinajstić information content (AvgIpc) is 2.77. The molecule has 1 amide bonds. The maximum atomic E-state index is 11.9. The van der Waals surface area contributed by atoms with Gasteiger partial charge in [0.05, 0.1) is 21.2 Å². The van der Waals surface area contributed by atoms with Gasteiger partial charge in [-0.15, -0.1) is 0 Å². The molecule has 2 aromatic rings. The minimum absolute atomic E-state index is 0.110. The van der Waals surface area contributed by atoms with E-state index >= 15 is 0 Å². The molecule has 0 aliphatic heterocycles. The number of nitrogens with zero attached hydrogens (tertiary/aromatic N) is 2. The number of nitrogens with one attached hydrogen (secondary N) is 2. The molecule has 0 aliphatic carbocycles. The van der Waals surface area contributed by atoms with Crippen LogP contribution in [0.2, 0.25) is 0 Å². The zero-order chi connectivity index (χ0) is 14.0. The second-order valence-corrected chi connectivity index (χ2v) is 4.64. The number of anilines is 1. The molecule has 0 spiro atoms. The van der Waals surface area contributed by atoms with Crippen LogP contribution in [0.3, 0.4) is 0 Å². The molecule has 0 fully saturated rings. The second-order valence-electron chi connectivity index (χ2n) is 3.79. The molecular formula is C11H9BrN4O3. The molecule has 0 saturated heterocycles. The highest BCUT2D eigenvalue weighted by Gasteiger charge is 2.15. The molecule has 19 heavy (non-hydrogen) atoms. The number of aryl methyl sites for hydroxylation is 1. The number of H-pyrrole nitrogens is 1. The molecule has 0 unspecified atom stereocenters. The first-order valence-corrected chi connectivity index (χ1v) is 6.03. The quantitative estimate of drug-likeness (QED) is 0.669. The fourth-order valence-corrected chi connectivity index (χ4v) is 1.90. The molecule has 98 valence electrons. The van der Waals surface area contributed by atoms with Crippen LogP contribution in [0.25, 0.3) is 0 Å². The lowest BCUT2D eigenvalue weighted by Crippen LogP contribution is -2.12. The Balaban J connectivity index is 2.25. The number of carbonyl (C=O) groups excluding carboxylic acids is 1. The van der Waals surface area contributed by atoms with Gasteiger partial charge in [0.15, 0.2) is 0 Å². The van der Waals surface area contributed by atoms with Crippen molar-refractivity contribution in [3.8, 4) is 0 Å². The highest BCUT2D eigenvalue weighted by Crippen LogP contribution is 2.28. The highest BCUT2D eigenvalue weighted by atomic mass is 79.9. The molecule has 0 aliphatic rings. The average molecular weight is 325 g/mol. The zero-order valence-corrected chi connectivity index (χ0v) is 11.4. The van der Waals surface area contributed by atoms with E-state index in [1.165, 1.54) is 18.3 Å². The largest absolute Gasteiger partial charge is 0.322 e. The summed E-state index contributed by atoms with van der Waals surface area (Å²) in [6.07, 6.45) is 1.40. The number of carbonyl (C=O) groups is 1. The Kier molecular flexibility index (Phi) is 3.61. The molecule has 8 heteroatoms. The van der Waals surface area contributed by atoms with Gasteiger partial charge in [-0.05, 0) is 35.0 Å². The Morgan fingerprint density at radius 3 is 2.84 bits per heavy atom. The van der Waals surface area contributed by atoms with Crippen LogP contribution in [-0.4, -0.2) is 21.0 Å². The van der Waals surface area contributed by atoms with Crippen LogP contribution in [0, 0.1) is 17.0 Å². The number of rotatable bonds is 3. The predicted octanol–water partition coefficient (Wildman–Crippen LogP) is 2.64. The lowest BCUT2D eigenvalue weighted by atomic mass is 10.2. The van der Waals surface area contributed by atoms with Crippen LogP contribution in [0.1, 0.15) is 16.1 Å². The van der Waals surface area contributed by atoms with Crippen LogP contribution in [0.5, 0.6) is 0 Å². The molecule has 0 radical (unpaired) electrons. The smallest absolute Gasteiger partial charge is 0.285 e. The molecule has 0 bridgehead atoms. The van der Waals surface area contributed by atoms with E-state index in [4.69, 9.17) is 0 Å². The summed E-state index contributed by atoms with van der Waals surface area (Å²) in [6.45, 7) is 1.71. The number of benzene rings is 1. The molecule has 7 nitrogen and oxygen atoms in total. The fraction of sp³-hybridized carbons (Fsp3) is 0.0909. The van der Waals surface area contributed by atoms with Crippen molar-refractivity contribution in [1.29, 1.82) is 0 Å². The number of nitro benzene ring substituents is 1. The van der Waals surface area contributed by atoms with Gasteiger partial charge < -0.3 is 5.32 Å². The summed E-state index contributed by atoms with van der Waals surface area (Å²) in [5.41, 5.74) is 1.26. The minimum Gasteiger partial charge on any atom is -0.322 e. The molecule has 2 N–H and O–H groups in total. The van der Waals surface area contributed by atoms with Gasteiger partial charge in [-0.2, -0.15) is 5.10 Å². The predicted molar refractivity (Wildman–Crippen MR) is 72.1 cm³/mol. The minimum atomic E-state index is -0.525. The van der Waals surface area contributed by atoms with Crippen molar-refractivity contribution in [2.45, 2.75) is 6.92 Å². The topological polar surface area (TPSA) is 101 Å². The number of aromatic nitrogens is 2. The molecule has 0 atom stereocenters. The SMILES string of the molecule is Cc1[nH]ncc1C(=O)Nc1ccc(Br)c([N+](=O)[O-])c1. The molecule has 1 heterocycles. The van der Waals surface area contributed by atoms with E-state index in [1.807, 2.05) is 0 Å². The highest BCUT2D eigenvalue weighted by molar-refractivity contribution is 9.10. The van der Waals surface area contributed by atoms with Crippen molar-refractivity contribution >= 4 is 33.2 Å². The lowest BCUT2D eigenvalue weighted by molar-refractivity contribution is -0.385. The van der Waals surface area contributed by atoms with Crippen molar-refractivity contribution in [3.05, 3.63) is 50.2 Å². The van der Waals surface area contributed by atoms with Crippen LogP contribution >= 0.6 is 15.9 Å². The first-order chi connectivity index (χ1) is 8.99. The van der Waals surface area contributed by atoms with Crippen LogP contribution in [0.15, 0.2) is 28.9 Å². The Labute approximate surface area is 116 Å². The van der Waals surface area contributed by atoms with Gasteiger partial charge in [-0.25, -0.2) is 0 Å². The van der Waals surface area contributed by atoms with E-state index < -0.39 is 4.92 Å². The summed E-state index contributed by atoms with van der Waals surface area (Å²) in [5.74, 6) is -0.372. The second kappa shape index (κ2) is 5.19. The van der Waals surface area contributed by atoms with Crippen LogP contribution < -0.4 is 5.32 Å². The summed E-state index contributed by atoms with van der Waals surface area (Å²) in [6, 6.07) is 4.37. The summed E-state index contributed by atoms with van der Waals surface area (Å²) in [7, 11) is 0. The van der Waals surface area contributed by atoms with Crippen LogP contribution in [-0.2, 0) is 0 Å². The molecule has 0 saturated carbocycles. The Bertz CT molecular complexity index is 653. The maximum Gasteiger partial charge on any atom is 0.285 e. The van der Waals surface area contributed by atoms with Gasteiger partial charge in [0.25, 0.3) is 11.6 Å². The first kappa shape index (κ1) is 13.2. The zero-order valence-electron chi connectivity index (χ0n) is 9.81. The van der Waals surface area contributed by atoms with Crippen molar-refractivity contribution in [1.82, 2.24) is 10.2 Å². The van der Waals surface area contributed by atoms with E-state index in [-0.39, 0.29) is 11.6 Å². The van der Waals surface area contributed by atoms with Crippen LogP contribution in [0.4, 0.5) is 11.4 Å². The molecule has 2 rings (SSSR count). The van der Waals surface area contributed by atoms with Gasteiger partial charge in [-0.3, -0.25) is 20.0 Å². The number of halogens is 1. The lowest BCUT2D eigenvalue weighted by Gasteiger charge is -2.05. The first-order valence-electron chi connectivity index (χ1n) is 5.24. The normalized spacial score (nSPS) is 10.2. The fourth-order valence-electron chi connectivity index (χ4n) is 1.51. The van der Waals surface area contributed by atoms with E-state index in [1.54, 1.807) is 13.0 Å². The number of aromatic amines is 1. The van der Waals surface area contributed by atoms with E-state index in [0.29, 0.717) is 21.4 Å². The Morgan fingerprint density at radius 1 is 1.53 bits per heavy atom. The van der Waals surface area contributed by atoms with Crippen molar-refractivity contribution in [3.63, 3.8) is 0 Å². The summed E-state index contributed by atoms with van der Waals surface area (Å²) in [4.78, 5) is 22.2. The van der Waals surface area contributed by atoms with Gasteiger partial charge in [-0.1, -0.05) is 0 Å². The van der Waals surface area contributed by atoms with Gasteiger partial charge >= 0.3 is 0 Å². The Morgan fingerprint density at radius 2 is 2.26 bits per heavy atom. The molecular weight excluding hydrogens is 316 g/mol. The third kappa shape index (κ3) is 2.79. The van der Waals surface area contributed by atoms with Crippen molar-refractivity contribution < 1.29 is 9.72 Å². The van der Waals surface area contributed by atoms with Gasteiger partial charge in [0, 0.05) is 17.4 Å². The van der Waals surface area contributed by atoms with Gasteiger partial charge in [0.1, 0.15) is 0 Å². The molecule has 1 aromatic heterocycles. The number of hydrogen-bond donors (Lipinski definition) is 2. The van der Waals surface area contributed by atoms with Crippen molar-refractivity contribution in [2.75, 3.05) is 5.32 Å².